The smallest absolute Gasteiger partial charge is 0.230 e. The molecule has 0 radical (unpaired) electrons. The monoisotopic (exact) mass is 192 g/mol. The van der Waals surface area contributed by atoms with Crippen molar-refractivity contribution in [2.45, 2.75) is 13.8 Å². The van der Waals surface area contributed by atoms with Crippen molar-refractivity contribution < 1.29 is 15.0 Å². The van der Waals surface area contributed by atoms with Crippen LogP contribution < -0.4 is 0 Å². The molecule has 1 rings (SSSR count). The minimum atomic E-state index is -0.644. The van der Waals surface area contributed by atoms with E-state index in [1.165, 1.54) is 0 Å². The summed E-state index contributed by atoms with van der Waals surface area (Å²) in [5, 5.41) is 17.5. The summed E-state index contributed by atoms with van der Waals surface area (Å²) in [5.74, 6) is -1.21. The van der Waals surface area contributed by atoms with Crippen molar-refractivity contribution in [3.63, 3.8) is 0 Å². The van der Waals surface area contributed by atoms with Gasteiger partial charge in [0.1, 0.15) is 6.26 Å². The number of aryl methyl sites for hydroxylation is 2. The SMILES string of the molecule is Cc1cc(C)cc(C(=O)/C(O)=C/O)c1. The summed E-state index contributed by atoms with van der Waals surface area (Å²) >= 11 is 0. The number of Topliss-reactive ketones (excluding diaryl/α,β-unsaturated/α-hetero) is 1. The highest BCUT2D eigenvalue weighted by Crippen LogP contribution is 2.11. The van der Waals surface area contributed by atoms with Crippen molar-refractivity contribution >= 4 is 5.78 Å². The Morgan fingerprint density at radius 1 is 1.21 bits per heavy atom. The first kappa shape index (κ1) is 10.3. The molecular formula is C11H12O3. The van der Waals surface area contributed by atoms with Crippen molar-refractivity contribution in [2.75, 3.05) is 0 Å². The summed E-state index contributed by atoms with van der Waals surface area (Å²) in [6, 6.07) is 5.25. The number of aliphatic hydroxyl groups excluding tert-OH is 2. The number of carbonyl (C=O) groups excluding carboxylic acids is 1. The third-order valence-electron chi connectivity index (χ3n) is 1.84. The molecule has 0 heterocycles. The number of benzene rings is 1. The summed E-state index contributed by atoms with van der Waals surface area (Å²) in [4.78, 5) is 11.4. The Hall–Kier alpha value is -1.77. The molecule has 0 spiro atoms. The summed E-state index contributed by atoms with van der Waals surface area (Å²) in [5.41, 5.74) is 2.27. The molecule has 1 aromatic carbocycles. The van der Waals surface area contributed by atoms with Gasteiger partial charge in [0.05, 0.1) is 0 Å². The van der Waals surface area contributed by atoms with Crippen LogP contribution in [0.2, 0.25) is 0 Å². The Morgan fingerprint density at radius 2 is 1.71 bits per heavy atom. The van der Waals surface area contributed by atoms with Gasteiger partial charge in [0.2, 0.25) is 5.78 Å². The maximum atomic E-state index is 11.4. The van der Waals surface area contributed by atoms with Crippen LogP contribution in [0.4, 0.5) is 0 Å². The van der Waals surface area contributed by atoms with Crippen molar-refractivity contribution in [1.29, 1.82) is 0 Å². The predicted molar refractivity (Wildman–Crippen MR) is 53.6 cm³/mol. The zero-order valence-corrected chi connectivity index (χ0v) is 8.11. The lowest BCUT2D eigenvalue weighted by Crippen LogP contribution is -2.03. The Bertz CT molecular complexity index is 371. The van der Waals surface area contributed by atoms with E-state index in [9.17, 15) is 4.79 Å². The summed E-state index contributed by atoms with van der Waals surface area (Å²) in [6.45, 7) is 3.73. The van der Waals surface area contributed by atoms with E-state index in [1.807, 2.05) is 19.9 Å². The zero-order chi connectivity index (χ0) is 10.7. The first-order valence-electron chi connectivity index (χ1n) is 4.21. The van der Waals surface area contributed by atoms with E-state index >= 15 is 0 Å². The van der Waals surface area contributed by atoms with E-state index in [4.69, 9.17) is 10.2 Å². The lowest BCUT2D eigenvalue weighted by molar-refractivity contribution is 0.0971. The number of rotatable bonds is 2. The summed E-state index contributed by atoms with van der Waals surface area (Å²) in [6.07, 6.45) is 0.403. The van der Waals surface area contributed by atoms with Crippen LogP contribution in [0.25, 0.3) is 0 Å². The third-order valence-corrected chi connectivity index (χ3v) is 1.84. The number of hydrogen-bond donors (Lipinski definition) is 2. The van der Waals surface area contributed by atoms with Crippen LogP contribution in [-0.2, 0) is 0 Å². The first-order valence-corrected chi connectivity index (χ1v) is 4.21. The quantitative estimate of drug-likeness (QED) is 0.430. The molecule has 74 valence electrons. The predicted octanol–water partition coefficient (Wildman–Crippen LogP) is 2.44. The Labute approximate surface area is 82.3 Å². The molecule has 0 saturated carbocycles. The molecule has 3 heteroatoms. The van der Waals surface area contributed by atoms with Crippen LogP contribution in [0.15, 0.2) is 30.2 Å². The molecule has 14 heavy (non-hydrogen) atoms. The molecule has 0 amide bonds. The van der Waals surface area contributed by atoms with E-state index in [0.29, 0.717) is 11.8 Å². The van der Waals surface area contributed by atoms with E-state index in [1.54, 1.807) is 12.1 Å². The number of allylic oxidation sites excluding steroid dienone is 1. The molecule has 0 aliphatic rings. The largest absolute Gasteiger partial charge is 0.512 e. The third kappa shape index (κ3) is 2.13. The average Bonchev–Trinajstić information content (AvgIpc) is 2.14. The van der Waals surface area contributed by atoms with Gasteiger partial charge in [-0.2, -0.15) is 0 Å². The van der Waals surface area contributed by atoms with Crippen molar-refractivity contribution in [2.24, 2.45) is 0 Å². The fraction of sp³-hybridized carbons (Fsp3) is 0.182. The lowest BCUT2D eigenvalue weighted by Gasteiger charge is -2.02. The van der Waals surface area contributed by atoms with Crippen LogP contribution in [0.3, 0.4) is 0 Å². The average molecular weight is 192 g/mol. The second kappa shape index (κ2) is 3.96. The number of carbonyl (C=O) groups is 1. The van der Waals surface area contributed by atoms with Gasteiger partial charge in [0.15, 0.2) is 5.76 Å². The highest BCUT2D eigenvalue weighted by atomic mass is 16.3. The second-order valence-corrected chi connectivity index (χ2v) is 3.22. The molecule has 0 aliphatic carbocycles. The maximum absolute atomic E-state index is 11.4. The number of ketones is 1. The minimum absolute atomic E-state index is 0.380. The van der Waals surface area contributed by atoms with Crippen LogP contribution >= 0.6 is 0 Å². The lowest BCUT2D eigenvalue weighted by atomic mass is 10.0. The first-order chi connectivity index (χ1) is 6.54. The van der Waals surface area contributed by atoms with Gasteiger partial charge in [-0.15, -0.1) is 0 Å². The number of hydrogen-bond acceptors (Lipinski definition) is 3. The molecule has 0 fully saturated rings. The molecule has 0 bridgehead atoms. The van der Waals surface area contributed by atoms with Gasteiger partial charge in [-0.25, -0.2) is 0 Å². The molecule has 0 aliphatic heterocycles. The topological polar surface area (TPSA) is 57.5 Å². The minimum Gasteiger partial charge on any atom is -0.512 e. The van der Waals surface area contributed by atoms with Gasteiger partial charge in [0, 0.05) is 5.56 Å². The van der Waals surface area contributed by atoms with E-state index < -0.39 is 11.5 Å². The fourth-order valence-corrected chi connectivity index (χ4v) is 1.31. The normalized spacial score (nSPS) is 11.4. The van der Waals surface area contributed by atoms with Crippen LogP contribution in [0, 0.1) is 13.8 Å². The van der Waals surface area contributed by atoms with Crippen molar-refractivity contribution in [1.82, 2.24) is 0 Å². The molecular weight excluding hydrogens is 180 g/mol. The zero-order valence-electron chi connectivity index (χ0n) is 8.11. The summed E-state index contributed by atoms with van der Waals surface area (Å²) < 4.78 is 0. The molecule has 1 aromatic rings. The highest BCUT2D eigenvalue weighted by molar-refractivity contribution is 6.07. The Kier molecular flexibility index (Phi) is 2.92. The van der Waals surface area contributed by atoms with E-state index in [2.05, 4.69) is 0 Å². The summed E-state index contributed by atoms with van der Waals surface area (Å²) in [7, 11) is 0. The standard InChI is InChI=1S/C11H12O3/c1-7-3-8(2)5-9(4-7)11(14)10(13)6-12/h3-6,12-13H,1-2H3/b10-6-. The van der Waals surface area contributed by atoms with Crippen molar-refractivity contribution in [3.05, 3.63) is 46.9 Å². The molecule has 0 unspecified atom stereocenters. The molecule has 0 aromatic heterocycles. The van der Waals surface area contributed by atoms with Gasteiger partial charge >= 0.3 is 0 Å². The second-order valence-electron chi connectivity index (χ2n) is 3.22. The molecule has 3 nitrogen and oxygen atoms in total. The van der Waals surface area contributed by atoms with E-state index in [0.717, 1.165) is 11.1 Å². The van der Waals surface area contributed by atoms with Gasteiger partial charge < -0.3 is 10.2 Å². The highest BCUT2D eigenvalue weighted by Gasteiger charge is 2.11. The molecule has 0 saturated heterocycles. The van der Waals surface area contributed by atoms with Gasteiger partial charge in [-0.1, -0.05) is 17.2 Å². The fourth-order valence-electron chi connectivity index (χ4n) is 1.31. The Balaban J connectivity index is 3.14. The Morgan fingerprint density at radius 3 is 2.14 bits per heavy atom. The van der Waals surface area contributed by atoms with Crippen LogP contribution in [-0.4, -0.2) is 16.0 Å². The van der Waals surface area contributed by atoms with Crippen molar-refractivity contribution in [3.8, 4) is 0 Å². The number of aliphatic hydroxyl groups is 2. The van der Waals surface area contributed by atoms with Gasteiger partial charge in [0.25, 0.3) is 0 Å². The maximum Gasteiger partial charge on any atom is 0.230 e. The van der Waals surface area contributed by atoms with E-state index in [-0.39, 0.29) is 0 Å². The van der Waals surface area contributed by atoms with Gasteiger partial charge in [-0.05, 0) is 26.0 Å². The molecule has 0 atom stereocenters. The molecule has 2 N–H and O–H groups in total. The van der Waals surface area contributed by atoms with Crippen LogP contribution in [0.1, 0.15) is 21.5 Å². The van der Waals surface area contributed by atoms with Gasteiger partial charge in [-0.3, -0.25) is 4.79 Å². The van der Waals surface area contributed by atoms with Crippen LogP contribution in [0.5, 0.6) is 0 Å².